The van der Waals surface area contributed by atoms with Crippen molar-refractivity contribution in [3.63, 3.8) is 0 Å². The Morgan fingerprint density at radius 3 is 2.14 bits per heavy atom. The lowest BCUT2D eigenvalue weighted by Crippen LogP contribution is -2.08. The summed E-state index contributed by atoms with van der Waals surface area (Å²) in [6.45, 7) is 7.94. The minimum absolute atomic E-state index is 0.326. The molecule has 0 fully saturated rings. The van der Waals surface area contributed by atoms with Crippen LogP contribution in [0.1, 0.15) is 20.3 Å². The van der Waals surface area contributed by atoms with Gasteiger partial charge in [0.25, 0.3) is 0 Å². The van der Waals surface area contributed by atoms with Crippen LogP contribution in [0.2, 0.25) is 0 Å². The fourth-order valence-electron chi connectivity index (χ4n) is 0.280. The Bertz CT molecular complexity index is 59.1. The number of halogens is 1. The van der Waals surface area contributed by atoms with E-state index in [-0.39, 0.29) is 0 Å². The summed E-state index contributed by atoms with van der Waals surface area (Å²) in [5.74, 6) is 0. The van der Waals surface area contributed by atoms with Gasteiger partial charge in [-0.3, -0.25) is 0 Å². The van der Waals surface area contributed by atoms with Gasteiger partial charge in [-0.2, -0.15) is 0 Å². The summed E-state index contributed by atoms with van der Waals surface area (Å²) in [5.41, 5.74) is -1.13. The Kier molecular flexibility index (Phi) is 2.00. The molecule has 41 valence electrons. The van der Waals surface area contributed by atoms with Crippen molar-refractivity contribution >= 4 is 0 Å². The average Bonchev–Trinajstić information content (AvgIpc) is 1.30. The largest absolute Gasteiger partial charge is 0.244 e. The van der Waals surface area contributed by atoms with E-state index < -0.39 is 5.67 Å². The zero-order valence-electron chi connectivity index (χ0n) is 4.74. The van der Waals surface area contributed by atoms with E-state index in [1.165, 1.54) is 19.9 Å². The highest BCUT2D eigenvalue weighted by atomic mass is 19.1. The molecule has 0 aliphatic rings. The molecule has 0 aliphatic carbocycles. The van der Waals surface area contributed by atoms with Gasteiger partial charge in [-0.25, -0.2) is 4.39 Å². The fourth-order valence-corrected chi connectivity index (χ4v) is 0.280. The molecule has 1 heteroatoms. The predicted molar refractivity (Wildman–Crippen MR) is 28.7 cm³/mol. The lowest BCUT2D eigenvalue weighted by Gasteiger charge is -2.08. The molecule has 0 aromatic heterocycles. The second kappa shape index (κ2) is 2.10. The van der Waals surface area contributed by atoms with E-state index in [1.54, 1.807) is 0 Å². The maximum Gasteiger partial charge on any atom is 0.109 e. The Labute approximate surface area is 44.0 Å². The van der Waals surface area contributed by atoms with Gasteiger partial charge in [0.05, 0.1) is 0 Å². The van der Waals surface area contributed by atoms with Crippen molar-refractivity contribution in [1.29, 1.82) is 0 Å². The average molecular weight is 101 g/mol. The molecule has 0 nitrogen and oxygen atoms in total. The Hall–Kier alpha value is -0.330. The molecule has 0 bridgehead atoms. The number of allylic oxidation sites excluding steroid dienone is 1. The summed E-state index contributed by atoms with van der Waals surface area (Å²) < 4.78 is 12.3. The van der Waals surface area contributed by atoms with Gasteiger partial charge in [-0.15, -0.1) is 0 Å². The highest BCUT2D eigenvalue weighted by Crippen LogP contribution is 2.12. The highest BCUT2D eigenvalue weighted by Gasteiger charge is 2.10. The van der Waals surface area contributed by atoms with Crippen LogP contribution in [0.15, 0.2) is 6.08 Å². The first-order valence-corrected chi connectivity index (χ1v) is 2.28. The molecule has 0 aromatic carbocycles. The molecule has 0 aromatic rings. The van der Waals surface area contributed by atoms with E-state index in [0.717, 1.165) is 0 Å². The first-order valence-electron chi connectivity index (χ1n) is 2.28. The molecule has 0 amide bonds. The number of alkyl halides is 1. The lowest BCUT2D eigenvalue weighted by atomic mass is 10.1. The quantitative estimate of drug-likeness (QED) is 0.499. The highest BCUT2D eigenvalue weighted by molar-refractivity contribution is 4.76. The molecule has 0 saturated carbocycles. The standard InChI is InChI=1S/C6H10F/c1-4-5-6(2,3)7/h1,4H,5H2,2-3H3. The molecule has 0 atom stereocenters. The third-order valence-electron chi connectivity index (χ3n) is 0.603. The third-order valence-corrected chi connectivity index (χ3v) is 0.603. The Morgan fingerprint density at radius 1 is 1.71 bits per heavy atom. The number of hydrogen-bond acceptors (Lipinski definition) is 0. The monoisotopic (exact) mass is 101 g/mol. The van der Waals surface area contributed by atoms with Gasteiger partial charge in [0.15, 0.2) is 0 Å². The van der Waals surface area contributed by atoms with E-state index in [9.17, 15) is 4.39 Å². The van der Waals surface area contributed by atoms with Crippen LogP contribution in [0.3, 0.4) is 0 Å². The molecule has 0 N–H and O–H groups in total. The molecular weight excluding hydrogens is 91.1 g/mol. The SMILES string of the molecule is [CH]=CCC(C)(C)F. The minimum atomic E-state index is -1.13. The van der Waals surface area contributed by atoms with E-state index in [4.69, 9.17) is 6.58 Å². The van der Waals surface area contributed by atoms with Crippen LogP contribution < -0.4 is 0 Å². The molecular formula is C6H10F. The molecule has 0 rings (SSSR count). The maximum atomic E-state index is 12.3. The molecule has 0 heterocycles. The summed E-state index contributed by atoms with van der Waals surface area (Å²) >= 11 is 0. The lowest BCUT2D eigenvalue weighted by molar-refractivity contribution is 0.221. The normalized spacial score (nSPS) is 11.3. The predicted octanol–water partition coefficient (Wildman–Crippen LogP) is 2.11. The van der Waals surface area contributed by atoms with E-state index in [2.05, 4.69) is 0 Å². The van der Waals surface area contributed by atoms with Gasteiger partial charge in [0.2, 0.25) is 0 Å². The summed E-state index contributed by atoms with van der Waals surface area (Å²) in [4.78, 5) is 0. The van der Waals surface area contributed by atoms with Crippen molar-refractivity contribution in [3.05, 3.63) is 12.7 Å². The Balaban J connectivity index is 3.34. The zero-order valence-corrected chi connectivity index (χ0v) is 4.74. The molecule has 1 radical (unpaired) electrons. The van der Waals surface area contributed by atoms with Crippen LogP contribution >= 0.6 is 0 Å². The van der Waals surface area contributed by atoms with Gasteiger partial charge in [0, 0.05) is 0 Å². The number of rotatable bonds is 2. The first kappa shape index (κ1) is 6.67. The van der Waals surface area contributed by atoms with Crippen molar-refractivity contribution in [2.75, 3.05) is 0 Å². The van der Waals surface area contributed by atoms with Crippen LogP contribution in [0.4, 0.5) is 4.39 Å². The van der Waals surface area contributed by atoms with Gasteiger partial charge >= 0.3 is 0 Å². The molecule has 0 unspecified atom stereocenters. The van der Waals surface area contributed by atoms with Crippen LogP contribution in [0.25, 0.3) is 0 Å². The van der Waals surface area contributed by atoms with Gasteiger partial charge in [-0.05, 0) is 20.3 Å². The van der Waals surface area contributed by atoms with Crippen LogP contribution in [-0.4, -0.2) is 5.67 Å². The molecule has 0 saturated heterocycles. The first-order chi connectivity index (χ1) is 3.06. The van der Waals surface area contributed by atoms with Crippen molar-refractivity contribution in [2.24, 2.45) is 0 Å². The third kappa shape index (κ3) is 5.67. The topological polar surface area (TPSA) is 0 Å². The van der Waals surface area contributed by atoms with Crippen molar-refractivity contribution in [3.8, 4) is 0 Å². The number of hydrogen-bond donors (Lipinski definition) is 0. The summed E-state index contributed by atoms with van der Waals surface area (Å²) in [5, 5.41) is 0. The molecule has 0 spiro atoms. The van der Waals surface area contributed by atoms with E-state index in [1.807, 2.05) is 0 Å². The van der Waals surface area contributed by atoms with Crippen molar-refractivity contribution in [1.82, 2.24) is 0 Å². The fraction of sp³-hybridized carbons (Fsp3) is 0.667. The second-order valence-corrected chi connectivity index (χ2v) is 2.16. The summed E-state index contributed by atoms with van der Waals surface area (Å²) in [6.07, 6.45) is 1.66. The van der Waals surface area contributed by atoms with Crippen molar-refractivity contribution in [2.45, 2.75) is 25.9 Å². The maximum absolute atomic E-state index is 12.3. The van der Waals surface area contributed by atoms with Gasteiger partial charge in [0.1, 0.15) is 5.67 Å². The van der Waals surface area contributed by atoms with Gasteiger partial charge in [-0.1, -0.05) is 12.7 Å². The van der Waals surface area contributed by atoms with Crippen LogP contribution in [0.5, 0.6) is 0 Å². The molecule has 0 aliphatic heterocycles. The minimum Gasteiger partial charge on any atom is -0.244 e. The van der Waals surface area contributed by atoms with E-state index >= 15 is 0 Å². The van der Waals surface area contributed by atoms with E-state index in [0.29, 0.717) is 6.42 Å². The second-order valence-electron chi connectivity index (χ2n) is 2.16. The summed E-state index contributed by atoms with van der Waals surface area (Å²) in [7, 11) is 0. The summed E-state index contributed by atoms with van der Waals surface area (Å²) in [6, 6.07) is 0. The van der Waals surface area contributed by atoms with Crippen LogP contribution in [-0.2, 0) is 0 Å². The Morgan fingerprint density at radius 2 is 2.14 bits per heavy atom. The van der Waals surface area contributed by atoms with Gasteiger partial charge < -0.3 is 0 Å². The zero-order chi connectivity index (χ0) is 5.91. The smallest absolute Gasteiger partial charge is 0.109 e. The van der Waals surface area contributed by atoms with Crippen LogP contribution in [0, 0.1) is 6.58 Å². The molecule has 7 heavy (non-hydrogen) atoms. The van der Waals surface area contributed by atoms with Crippen molar-refractivity contribution < 1.29 is 4.39 Å².